The van der Waals surface area contributed by atoms with Gasteiger partial charge in [-0.3, -0.25) is 0 Å². The van der Waals surface area contributed by atoms with E-state index in [1.165, 1.54) is 88.3 Å². The third-order valence-corrected chi connectivity index (χ3v) is 17.0. The summed E-state index contributed by atoms with van der Waals surface area (Å²) in [6.45, 7) is 48.8. The molecule has 2 aliphatic heterocycles. The monoisotopic (exact) mass is 1020 g/mol. The predicted octanol–water partition coefficient (Wildman–Crippen LogP) is 19.3. The molecule has 9 aromatic rings. The lowest BCUT2D eigenvalue weighted by Gasteiger charge is -2.41. The van der Waals surface area contributed by atoms with Gasteiger partial charge in [0.1, 0.15) is 5.58 Å². The molecule has 0 radical (unpaired) electrons. The second-order valence-corrected chi connectivity index (χ2v) is 30.1. The number of anilines is 5. The number of benzene rings is 7. The number of furan rings is 1. The number of fused-ring (bicyclic) bond motifs is 9. The van der Waals surface area contributed by atoms with Gasteiger partial charge in [-0.1, -0.05) is 194 Å². The van der Waals surface area contributed by atoms with Gasteiger partial charge in [0.2, 0.25) is 0 Å². The maximum atomic E-state index is 7.64. The van der Waals surface area contributed by atoms with Crippen LogP contribution in [0.2, 0.25) is 0 Å². The van der Waals surface area contributed by atoms with Gasteiger partial charge in [-0.2, -0.15) is 0 Å². The van der Waals surface area contributed by atoms with Crippen molar-refractivity contribution in [2.75, 3.05) is 9.71 Å². The summed E-state index contributed by atoms with van der Waals surface area (Å²) in [5, 5.41) is 3.70. The van der Waals surface area contributed by atoms with Crippen molar-refractivity contribution in [2.24, 2.45) is 0 Å². The van der Waals surface area contributed by atoms with Crippen molar-refractivity contribution >= 4 is 79.0 Å². The van der Waals surface area contributed by atoms with E-state index in [0.29, 0.717) is 0 Å². The molecule has 0 amide bonds. The van der Waals surface area contributed by atoms with E-state index in [-0.39, 0.29) is 44.8 Å². The Balaban J connectivity index is 1.27. The van der Waals surface area contributed by atoms with Crippen molar-refractivity contribution in [1.82, 2.24) is 4.57 Å². The lowest BCUT2D eigenvalue weighted by molar-refractivity contribution is 0.553. The minimum Gasteiger partial charge on any atom is -0.454 e. The maximum Gasteiger partial charge on any atom is 0.333 e. The van der Waals surface area contributed by atoms with E-state index in [0.717, 1.165) is 39.8 Å². The van der Waals surface area contributed by atoms with Crippen LogP contribution in [-0.4, -0.2) is 11.4 Å². The third kappa shape index (κ3) is 8.74. The van der Waals surface area contributed by atoms with E-state index in [1.54, 1.807) is 0 Å². The average Bonchev–Trinajstić information content (AvgIpc) is 4.15. The number of hydrogen-bond acceptors (Lipinski definition) is 3. The first-order valence-electron chi connectivity index (χ1n) is 28.4. The third-order valence-electron chi connectivity index (χ3n) is 17.0. The molecule has 0 bridgehead atoms. The van der Waals surface area contributed by atoms with Gasteiger partial charge in [0.15, 0.2) is 5.76 Å². The maximum absolute atomic E-state index is 7.64. The van der Waals surface area contributed by atoms with Gasteiger partial charge < -0.3 is 18.7 Å². The van der Waals surface area contributed by atoms with Crippen LogP contribution < -0.4 is 20.6 Å². The van der Waals surface area contributed by atoms with Gasteiger partial charge in [0.25, 0.3) is 0 Å². The number of rotatable bonds is 4. The van der Waals surface area contributed by atoms with Crippen LogP contribution in [0.4, 0.5) is 28.4 Å². The summed E-state index contributed by atoms with van der Waals surface area (Å²) in [6, 6.07) is 50.2. The van der Waals surface area contributed by atoms with Gasteiger partial charge in [-0.25, -0.2) is 0 Å². The first-order chi connectivity index (χ1) is 35.6. The van der Waals surface area contributed by atoms with E-state index in [4.69, 9.17) is 4.42 Å². The lowest BCUT2D eigenvalue weighted by Crippen LogP contribution is -2.60. The van der Waals surface area contributed by atoms with Crippen LogP contribution in [0.15, 0.2) is 132 Å². The fraction of sp³-hybridized carbons (Fsp3) is 0.389. The van der Waals surface area contributed by atoms with Crippen LogP contribution in [0.3, 0.4) is 0 Å². The van der Waals surface area contributed by atoms with Crippen molar-refractivity contribution in [3.05, 3.63) is 166 Å². The smallest absolute Gasteiger partial charge is 0.333 e. The molecule has 0 saturated carbocycles. The fourth-order valence-corrected chi connectivity index (χ4v) is 12.1. The second-order valence-electron chi connectivity index (χ2n) is 30.1. The standard InChI is InChI=1S/C72H84BN3O/c1-66(2,3)43-22-28-49(29-23-43)74(50-30-24-44(25-31-50)67(4,5)6)52-34-35-59-53(42-52)54-36-47(70(13,14)15)40-58-62(54)75(59)60-41-48(71(16,17)18)37-55-61(60)73(58)76(51-32-26-45(27-33-51)68(7,8)9)63-56-38-46(69(10,11)12)39-57(72(19,20)21)64(56)77-65(55)63/h22-42H,1-21H3. The van der Waals surface area contributed by atoms with Crippen LogP contribution in [0, 0.1) is 0 Å². The summed E-state index contributed by atoms with van der Waals surface area (Å²) < 4.78 is 10.3. The van der Waals surface area contributed by atoms with E-state index >= 15 is 0 Å². The van der Waals surface area contributed by atoms with Crippen molar-refractivity contribution in [3.63, 3.8) is 0 Å². The molecule has 0 saturated heterocycles. The Morgan fingerprint density at radius 1 is 0.403 bits per heavy atom. The van der Waals surface area contributed by atoms with Crippen LogP contribution in [-0.2, 0) is 37.9 Å². The Kier molecular flexibility index (Phi) is 11.6. The molecule has 2 aliphatic rings. The zero-order valence-corrected chi connectivity index (χ0v) is 50.5. The highest BCUT2D eigenvalue weighted by atomic mass is 16.3. The van der Waals surface area contributed by atoms with Crippen molar-refractivity contribution in [2.45, 2.75) is 183 Å². The number of aromatic nitrogens is 1. The molecule has 4 heterocycles. The van der Waals surface area contributed by atoms with Crippen molar-refractivity contribution in [1.29, 1.82) is 0 Å². The summed E-state index contributed by atoms with van der Waals surface area (Å²) in [4.78, 5) is 5.15. The van der Waals surface area contributed by atoms with E-state index < -0.39 is 0 Å². The molecule has 0 spiro atoms. The molecule has 2 aromatic heterocycles. The molecule has 0 N–H and O–H groups in total. The molecule has 0 aliphatic carbocycles. The zero-order valence-electron chi connectivity index (χ0n) is 50.5. The first kappa shape index (κ1) is 52.6. The summed E-state index contributed by atoms with van der Waals surface area (Å²) in [5.41, 5.74) is 22.9. The average molecular weight is 1020 g/mol. The van der Waals surface area contributed by atoms with Crippen LogP contribution in [0.5, 0.6) is 0 Å². The topological polar surface area (TPSA) is 24.6 Å². The van der Waals surface area contributed by atoms with E-state index in [1.807, 2.05) is 0 Å². The summed E-state index contributed by atoms with van der Waals surface area (Å²) >= 11 is 0. The quantitative estimate of drug-likeness (QED) is 0.164. The van der Waals surface area contributed by atoms with Crippen LogP contribution >= 0.6 is 0 Å². The molecule has 7 aromatic carbocycles. The Morgan fingerprint density at radius 3 is 1.35 bits per heavy atom. The predicted molar refractivity (Wildman–Crippen MR) is 335 cm³/mol. The minimum absolute atomic E-state index is 0.000556. The highest BCUT2D eigenvalue weighted by molar-refractivity contribution is 6.93. The van der Waals surface area contributed by atoms with E-state index in [2.05, 4.69) is 287 Å². The molecule has 0 unspecified atom stereocenters. The Labute approximate surface area is 462 Å². The molecule has 396 valence electrons. The molecule has 0 atom stereocenters. The molecule has 77 heavy (non-hydrogen) atoms. The second kappa shape index (κ2) is 17.0. The zero-order chi connectivity index (χ0) is 55.6. The van der Waals surface area contributed by atoms with Gasteiger partial charge >= 0.3 is 6.85 Å². The molecule has 0 fully saturated rings. The Hall–Kier alpha value is -6.46. The summed E-state index contributed by atoms with van der Waals surface area (Å²) in [6.07, 6.45) is 0. The molecule has 4 nitrogen and oxygen atoms in total. The van der Waals surface area contributed by atoms with Crippen LogP contribution in [0.1, 0.15) is 184 Å². The Bertz CT molecular complexity index is 3760. The highest BCUT2D eigenvalue weighted by Crippen LogP contribution is 2.53. The van der Waals surface area contributed by atoms with Gasteiger partial charge in [-0.05, 0) is 161 Å². The van der Waals surface area contributed by atoms with E-state index in [9.17, 15) is 0 Å². The van der Waals surface area contributed by atoms with Crippen molar-refractivity contribution in [3.8, 4) is 17.0 Å². The molecular weight excluding hydrogens is 934 g/mol. The Morgan fingerprint density at radius 2 is 0.857 bits per heavy atom. The van der Waals surface area contributed by atoms with Gasteiger partial charge in [0.05, 0.1) is 16.7 Å². The van der Waals surface area contributed by atoms with Gasteiger partial charge in [-0.15, -0.1) is 0 Å². The molecule has 5 heteroatoms. The van der Waals surface area contributed by atoms with Crippen molar-refractivity contribution < 1.29 is 4.42 Å². The number of hydrogen-bond donors (Lipinski definition) is 0. The highest BCUT2D eigenvalue weighted by Gasteiger charge is 2.48. The number of nitrogens with zero attached hydrogens (tertiary/aromatic N) is 3. The normalized spacial score (nSPS) is 14.2. The first-order valence-corrected chi connectivity index (χ1v) is 28.4. The fourth-order valence-electron chi connectivity index (χ4n) is 12.1. The SMILES string of the molecule is CC(C)(C)c1ccc(N2B3c4c(cc(C(C)(C)C)cc4-n4c5ccc(N(c6ccc(C(C)(C)C)cc6)c6ccc(C(C)(C)C)cc6)cc5c5cc(C(C)(C)C)cc3c54)-c3oc4c(C(C)(C)C)cc(C(C)(C)C)cc4c32)cc1. The lowest BCUT2D eigenvalue weighted by atomic mass is 9.43. The summed E-state index contributed by atoms with van der Waals surface area (Å²) in [5.74, 6) is 0.950. The molecular formula is C72H84BN3O. The van der Waals surface area contributed by atoms with Gasteiger partial charge in [0, 0.05) is 55.7 Å². The van der Waals surface area contributed by atoms with Crippen LogP contribution in [0.25, 0.3) is 49.8 Å². The summed E-state index contributed by atoms with van der Waals surface area (Å²) in [7, 11) is 0. The minimum atomic E-state index is -0.168. The molecule has 11 rings (SSSR count). The largest absolute Gasteiger partial charge is 0.454 e.